The third-order valence-electron chi connectivity index (χ3n) is 3.69. The Labute approximate surface area is 94.8 Å². The fourth-order valence-corrected chi connectivity index (χ4v) is 2.09. The maximum absolute atomic E-state index is 5.60. The van der Waals surface area contributed by atoms with Crippen LogP contribution in [0.25, 0.3) is 0 Å². The highest BCUT2D eigenvalue weighted by Gasteiger charge is 2.15. The lowest BCUT2D eigenvalue weighted by molar-refractivity contribution is 0.102. The highest BCUT2D eigenvalue weighted by atomic mass is 16.5. The van der Waals surface area contributed by atoms with E-state index in [4.69, 9.17) is 4.74 Å². The van der Waals surface area contributed by atoms with Crippen LogP contribution >= 0.6 is 0 Å². The molecule has 3 unspecified atom stereocenters. The molecule has 2 nitrogen and oxygen atoms in total. The van der Waals surface area contributed by atoms with E-state index in [-0.39, 0.29) is 0 Å². The van der Waals surface area contributed by atoms with Gasteiger partial charge in [-0.25, -0.2) is 0 Å². The van der Waals surface area contributed by atoms with E-state index in [1.165, 1.54) is 32.1 Å². The summed E-state index contributed by atoms with van der Waals surface area (Å²) in [7, 11) is 0. The number of ether oxygens (including phenoxy) is 1. The third-order valence-corrected chi connectivity index (χ3v) is 3.69. The molecule has 0 bridgehead atoms. The van der Waals surface area contributed by atoms with Crippen LogP contribution in [0.1, 0.15) is 52.9 Å². The summed E-state index contributed by atoms with van der Waals surface area (Å²) in [5.41, 5.74) is 0. The molecule has 0 radical (unpaired) electrons. The van der Waals surface area contributed by atoms with Crippen molar-refractivity contribution in [2.75, 3.05) is 13.2 Å². The molecule has 0 spiro atoms. The van der Waals surface area contributed by atoms with Crippen molar-refractivity contribution in [2.24, 2.45) is 5.92 Å². The smallest absolute Gasteiger partial charge is 0.0576 e. The topological polar surface area (TPSA) is 21.3 Å². The van der Waals surface area contributed by atoms with E-state index in [9.17, 15) is 0 Å². The van der Waals surface area contributed by atoms with Gasteiger partial charge >= 0.3 is 0 Å². The second-order valence-electron chi connectivity index (χ2n) is 4.91. The summed E-state index contributed by atoms with van der Waals surface area (Å²) in [5, 5.41) is 3.60. The van der Waals surface area contributed by atoms with Gasteiger partial charge in [0.05, 0.1) is 6.10 Å². The van der Waals surface area contributed by atoms with E-state index in [2.05, 4.69) is 26.1 Å². The number of rotatable bonds is 7. The molecule has 1 fully saturated rings. The minimum atomic E-state index is 0.561. The van der Waals surface area contributed by atoms with Gasteiger partial charge in [0.25, 0.3) is 0 Å². The van der Waals surface area contributed by atoms with Crippen LogP contribution in [0.4, 0.5) is 0 Å². The van der Waals surface area contributed by atoms with Gasteiger partial charge in [0.2, 0.25) is 0 Å². The largest absolute Gasteiger partial charge is 0.378 e. The zero-order valence-corrected chi connectivity index (χ0v) is 10.6. The molecule has 0 amide bonds. The summed E-state index contributed by atoms with van der Waals surface area (Å²) in [6.07, 6.45) is 6.86. The second kappa shape index (κ2) is 7.24. The van der Waals surface area contributed by atoms with Crippen molar-refractivity contribution in [3.63, 3.8) is 0 Å². The molecule has 2 heteroatoms. The van der Waals surface area contributed by atoms with Gasteiger partial charge < -0.3 is 10.1 Å². The zero-order chi connectivity index (χ0) is 11.1. The van der Waals surface area contributed by atoms with E-state index >= 15 is 0 Å². The molecule has 90 valence electrons. The van der Waals surface area contributed by atoms with Gasteiger partial charge in [-0.05, 0) is 45.1 Å². The lowest BCUT2D eigenvalue weighted by Crippen LogP contribution is -2.32. The SMILES string of the molecule is CCC(C)C(C)NCCCC1CCCO1. The van der Waals surface area contributed by atoms with Crippen molar-refractivity contribution in [1.29, 1.82) is 0 Å². The Morgan fingerprint density at radius 3 is 2.80 bits per heavy atom. The first-order valence-corrected chi connectivity index (χ1v) is 6.59. The summed E-state index contributed by atoms with van der Waals surface area (Å²) < 4.78 is 5.60. The van der Waals surface area contributed by atoms with Crippen molar-refractivity contribution in [1.82, 2.24) is 5.32 Å². The highest BCUT2D eigenvalue weighted by molar-refractivity contribution is 4.69. The minimum absolute atomic E-state index is 0.561. The highest BCUT2D eigenvalue weighted by Crippen LogP contribution is 2.16. The number of hydrogen-bond donors (Lipinski definition) is 1. The fourth-order valence-electron chi connectivity index (χ4n) is 2.09. The second-order valence-corrected chi connectivity index (χ2v) is 4.91. The molecule has 3 atom stereocenters. The Morgan fingerprint density at radius 2 is 2.20 bits per heavy atom. The Morgan fingerprint density at radius 1 is 1.40 bits per heavy atom. The van der Waals surface area contributed by atoms with Crippen molar-refractivity contribution >= 4 is 0 Å². The summed E-state index contributed by atoms with van der Waals surface area (Å²) in [4.78, 5) is 0. The van der Waals surface area contributed by atoms with Gasteiger partial charge in [0.1, 0.15) is 0 Å². The van der Waals surface area contributed by atoms with Gasteiger partial charge in [0, 0.05) is 12.6 Å². The van der Waals surface area contributed by atoms with Crippen molar-refractivity contribution in [3.05, 3.63) is 0 Å². The number of nitrogens with one attached hydrogen (secondary N) is 1. The Kier molecular flexibility index (Phi) is 6.26. The van der Waals surface area contributed by atoms with Crippen LogP contribution < -0.4 is 5.32 Å². The van der Waals surface area contributed by atoms with Gasteiger partial charge in [-0.2, -0.15) is 0 Å². The summed E-state index contributed by atoms with van der Waals surface area (Å²) in [6, 6.07) is 0.652. The van der Waals surface area contributed by atoms with E-state index in [0.717, 1.165) is 19.1 Å². The molecule has 1 saturated heterocycles. The van der Waals surface area contributed by atoms with Crippen molar-refractivity contribution in [3.8, 4) is 0 Å². The van der Waals surface area contributed by atoms with Crippen molar-refractivity contribution in [2.45, 2.75) is 65.0 Å². The first kappa shape index (κ1) is 13.0. The minimum Gasteiger partial charge on any atom is -0.378 e. The molecule has 1 heterocycles. The van der Waals surface area contributed by atoms with Gasteiger partial charge in [-0.3, -0.25) is 0 Å². The lowest BCUT2D eigenvalue weighted by atomic mass is 10.0. The van der Waals surface area contributed by atoms with E-state index in [1.54, 1.807) is 0 Å². The van der Waals surface area contributed by atoms with Crippen LogP contribution in [0.15, 0.2) is 0 Å². The average molecular weight is 213 g/mol. The maximum Gasteiger partial charge on any atom is 0.0576 e. The molecular formula is C13H27NO. The van der Waals surface area contributed by atoms with E-state index in [1.807, 2.05) is 0 Å². The molecule has 15 heavy (non-hydrogen) atoms. The molecule has 0 aromatic carbocycles. The molecule has 1 aliphatic rings. The Balaban J connectivity index is 1.96. The third kappa shape index (κ3) is 4.98. The van der Waals surface area contributed by atoms with Crippen LogP contribution in [0.5, 0.6) is 0 Å². The van der Waals surface area contributed by atoms with Gasteiger partial charge in [0.15, 0.2) is 0 Å². The molecule has 0 aromatic heterocycles. The molecule has 1 rings (SSSR count). The summed E-state index contributed by atoms with van der Waals surface area (Å²) in [5.74, 6) is 0.785. The first-order valence-electron chi connectivity index (χ1n) is 6.59. The molecular weight excluding hydrogens is 186 g/mol. The number of hydrogen-bond acceptors (Lipinski definition) is 2. The van der Waals surface area contributed by atoms with Crippen molar-refractivity contribution < 1.29 is 4.74 Å². The molecule has 0 saturated carbocycles. The Bertz CT molecular complexity index is 155. The van der Waals surface area contributed by atoms with Crippen LogP contribution in [-0.4, -0.2) is 25.3 Å². The monoisotopic (exact) mass is 213 g/mol. The van der Waals surface area contributed by atoms with Crippen LogP contribution in [0.3, 0.4) is 0 Å². The lowest BCUT2D eigenvalue weighted by Gasteiger charge is -2.20. The summed E-state index contributed by atoms with van der Waals surface area (Å²) >= 11 is 0. The van der Waals surface area contributed by atoms with Crippen LogP contribution in [-0.2, 0) is 4.74 Å². The standard InChI is InChI=1S/C13H27NO/c1-4-11(2)12(3)14-9-5-7-13-8-6-10-15-13/h11-14H,4-10H2,1-3H3. The van der Waals surface area contributed by atoms with Gasteiger partial charge in [-0.15, -0.1) is 0 Å². The molecule has 0 aromatic rings. The zero-order valence-electron chi connectivity index (χ0n) is 10.6. The average Bonchev–Trinajstić information content (AvgIpc) is 2.75. The molecule has 0 aliphatic carbocycles. The molecule has 1 N–H and O–H groups in total. The summed E-state index contributed by atoms with van der Waals surface area (Å²) in [6.45, 7) is 9.00. The first-order chi connectivity index (χ1) is 7.24. The normalized spacial score (nSPS) is 25.4. The van der Waals surface area contributed by atoms with E-state index in [0.29, 0.717) is 12.1 Å². The fraction of sp³-hybridized carbons (Fsp3) is 1.00. The molecule has 1 aliphatic heterocycles. The van der Waals surface area contributed by atoms with Gasteiger partial charge in [-0.1, -0.05) is 20.3 Å². The van der Waals surface area contributed by atoms with Crippen LogP contribution in [0, 0.1) is 5.92 Å². The maximum atomic E-state index is 5.60. The predicted octanol–water partition coefficient (Wildman–Crippen LogP) is 2.97. The predicted molar refractivity (Wildman–Crippen MR) is 65.1 cm³/mol. The van der Waals surface area contributed by atoms with Crippen LogP contribution in [0.2, 0.25) is 0 Å². The Hall–Kier alpha value is -0.0800. The van der Waals surface area contributed by atoms with E-state index < -0.39 is 0 Å². The quantitative estimate of drug-likeness (QED) is 0.656.